The molecule has 0 fully saturated rings. The van der Waals surface area contributed by atoms with E-state index < -0.39 is 11.9 Å². The Labute approximate surface area is 135 Å². The van der Waals surface area contributed by atoms with Crippen molar-refractivity contribution in [2.75, 3.05) is 6.61 Å². The molecule has 1 atom stereocenters. The number of aliphatic carboxylic acids is 1. The molecule has 0 amide bonds. The van der Waals surface area contributed by atoms with Gasteiger partial charge in [-0.1, -0.05) is 44.2 Å². The Morgan fingerprint density at radius 2 is 1.78 bits per heavy atom. The quantitative estimate of drug-likeness (QED) is 0.829. The van der Waals surface area contributed by atoms with E-state index in [1.165, 1.54) is 24.3 Å². The number of para-hydroxylation sites is 1. The average Bonchev–Trinajstić information content (AvgIpc) is 2.52. The maximum atomic E-state index is 13.1. The lowest BCUT2D eigenvalue weighted by molar-refractivity contribution is -0.138. The first kappa shape index (κ1) is 17.0. The van der Waals surface area contributed by atoms with Crippen LogP contribution in [0.3, 0.4) is 0 Å². The molecular formula is C19H21FO3. The van der Waals surface area contributed by atoms with Crippen molar-refractivity contribution < 1.29 is 19.0 Å². The van der Waals surface area contributed by atoms with E-state index in [-0.39, 0.29) is 5.82 Å². The minimum atomic E-state index is -0.935. The predicted octanol–water partition coefficient (Wildman–Crippen LogP) is 4.27. The van der Waals surface area contributed by atoms with E-state index in [9.17, 15) is 14.3 Å². The third-order valence-corrected chi connectivity index (χ3v) is 3.54. The average molecular weight is 316 g/mol. The number of carboxylic acids is 1. The molecule has 0 aromatic heterocycles. The second-order valence-corrected chi connectivity index (χ2v) is 5.96. The number of hydrogen-bond acceptors (Lipinski definition) is 2. The highest BCUT2D eigenvalue weighted by Gasteiger charge is 2.22. The van der Waals surface area contributed by atoms with Crippen LogP contribution in [0.2, 0.25) is 0 Å². The lowest BCUT2D eigenvalue weighted by Crippen LogP contribution is -2.15. The summed E-state index contributed by atoms with van der Waals surface area (Å²) in [5.41, 5.74) is 1.42. The molecule has 0 aliphatic heterocycles. The number of carboxylic acid groups (broad SMARTS) is 1. The third-order valence-electron chi connectivity index (χ3n) is 3.54. The highest BCUT2D eigenvalue weighted by Crippen LogP contribution is 2.27. The Hall–Kier alpha value is -2.36. The number of carbonyl (C=O) groups is 1. The summed E-state index contributed by atoms with van der Waals surface area (Å²) in [6.45, 7) is 4.69. The Balaban J connectivity index is 2.23. The van der Waals surface area contributed by atoms with Crippen LogP contribution < -0.4 is 4.74 Å². The zero-order valence-corrected chi connectivity index (χ0v) is 13.3. The van der Waals surface area contributed by atoms with Crippen LogP contribution in [0.1, 0.15) is 30.9 Å². The van der Waals surface area contributed by atoms with E-state index >= 15 is 0 Å². The van der Waals surface area contributed by atoms with Gasteiger partial charge < -0.3 is 9.84 Å². The van der Waals surface area contributed by atoms with Gasteiger partial charge in [0.15, 0.2) is 0 Å². The standard InChI is InChI=1S/C19H21FO3/c1-13(2)12-23-18-6-4-3-5-15(18)11-17(19(21)22)14-7-9-16(20)10-8-14/h3-10,13,17H,11-12H2,1-2H3,(H,21,22). The normalized spacial score (nSPS) is 12.2. The van der Waals surface area contributed by atoms with Gasteiger partial charge >= 0.3 is 5.97 Å². The van der Waals surface area contributed by atoms with Gasteiger partial charge in [-0.3, -0.25) is 4.79 Å². The highest BCUT2D eigenvalue weighted by atomic mass is 19.1. The minimum Gasteiger partial charge on any atom is -0.493 e. The zero-order chi connectivity index (χ0) is 16.8. The van der Waals surface area contributed by atoms with Crippen LogP contribution in [0.5, 0.6) is 5.75 Å². The van der Waals surface area contributed by atoms with Gasteiger partial charge in [-0.15, -0.1) is 0 Å². The summed E-state index contributed by atoms with van der Waals surface area (Å²) in [5.74, 6) is -0.960. The van der Waals surface area contributed by atoms with Crippen molar-refractivity contribution in [3.8, 4) is 5.75 Å². The van der Waals surface area contributed by atoms with Crippen molar-refractivity contribution in [1.82, 2.24) is 0 Å². The van der Waals surface area contributed by atoms with Gasteiger partial charge in [-0.2, -0.15) is 0 Å². The molecule has 0 saturated carbocycles. The van der Waals surface area contributed by atoms with Crippen LogP contribution in [0.15, 0.2) is 48.5 Å². The summed E-state index contributed by atoms with van der Waals surface area (Å²) in [4.78, 5) is 11.6. The fourth-order valence-electron chi connectivity index (χ4n) is 2.33. The van der Waals surface area contributed by atoms with Crippen LogP contribution >= 0.6 is 0 Å². The number of ether oxygens (including phenoxy) is 1. The van der Waals surface area contributed by atoms with E-state index in [0.717, 1.165) is 5.56 Å². The molecule has 0 bridgehead atoms. The SMILES string of the molecule is CC(C)COc1ccccc1CC(C(=O)O)c1ccc(F)cc1. The van der Waals surface area contributed by atoms with Gasteiger partial charge in [0, 0.05) is 0 Å². The smallest absolute Gasteiger partial charge is 0.311 e. The second kappa shape index (κ2) is 7.77. The summed E-state index contributed by atoms with van der Waals surface area (Å²) < 4.78 is 18.8. The first-order chi connectivity index (χ1) is 11.0. The van der Waals surface area contributed by atoms with Crippen LogP contribution in [0.25, 0.3) is 0 Å². The number of hydrogen-bond donors (Lipinski definition) is 1. The molecule has 0 saturated heterocycles. The molecule has 3 nitrogen and oxygen atoms in total. The number of halogens is 1. The summed E-state index contributed by atoms with van der Waals surface area (Å²) in [7, 11) is 0. The van der Waals surface area contributed by atoms with Gasteiger partial charge in [0.05, 0.1) is 12.5 Å². The number of benzene rings is 2. The van der Waals surface area contributed by atoms with Crippen LogP contribution in [0.4, 0.5) is 4.39 Å². The molecule has 23 heavy (non-hydrogen) atoms. The lowest BCUT2D eigenvalue weighted by Gasteiger charge is -2.17. The maximum Gasteiger partial charge on any atom is 0.311 e. The summed E-state index contributed by atoms with van der Waals surface area (Å²) >= 11 is 0. The van der Waals surface area contributed by atoms with Gasteiger partial charge in [0.25, 0.3) is 0 Å². The van der Waals surface area contributed by atoms with Gasteiger partial charge in [-0.05, 0) is 41.7 Å². The molecule has 1 N–H and O–H groups in total. The molecule has 2 rings (SSSR count). The van der Waals surface area contributed by atoms with Gasteiger partial charge in [-0.25, -0.2) is 4.39 Å². The van der Waals surface area contributed by atoms with E-state index in [1.807, 2.05) is 24.3 Å². The first-order valence-electron chi connectivity index (χ1n) is 7.66. The second-order valence-electron chi connectivity index (χ2n) is 5.96. The molecule has 2 aromatic carbocycles. The Kier molecular flexibility index (Phi) is 5.74. The van der Waals surface area contributed by atoms with Crippen molar-refractivity contribution in [2.45, 2.75) is 26.2 Å². The molecule has 122 valence electrons. The number of rotatable bonds is 7. The van der Waals surface area contributed by atoms with Crippen LogP contribution in [0, 0.1) is 11.7 Å². The van der Waals surface area contributed by atoms with Crippen molar-refractivity contribution in [2.24, 2.45) is 5.92 Å². The van der Waals surface area contributed by atoms with Crippen LogP contribution in [-0.4, -0.2) is 17.7 Å². The Morgan fingerprint density at radius 1 is 1.13 bits per heavy atom. The molecule has 2 aromatic rings. The molecular weight excluding hydrogens is 295 g/mol. The van der Waals surface area contributed by atoms with Crippen molar-refractivity contribution in [3.05, 3.63) is 65.5 Å². The van der Waals surface area contributed by atoms with E-state index in [1.54, 1.807) is 0 Å². The highest BCUT2D eigenvalue weighted by molar-refractivity contribution is 5.76. The fraction of sp³-hybridized carbons (Fsp3) is 0.316. The summed E-state index contributed by atoms with van der Waals surface area (Å²) in [6, 6.07) is 13.1. The largest absolute Gasteiger partial charge is 0.493 e. The summed E-state index contributed by atoms with van der Waals surface area (Å²) in [5, 5.41) is 9.53. The van der Waals surface area contributed by atoms with Gasteiger partial charge in [0.2, 0.25) is 0 Å². The van der Waals surface area contributed by atoms with Crippen molar-refractivity contribution in [3.63, 3.8) is 0 Å². The molecule has 0 heterocycles. The molecule has 4 heteroatoms. The Morgan fingerprint density at radius 3 is 2.39 bits per heavy atom. The predicted molar refractivity (Wildman–Crippen MR) is 87.3 cm³/mol. The Bertz CT molecular complexity index is 650. The molecule has 1 unspecified atom stereocenters. The first-order valence-corrected chi connectivity index (χ1v) is 7.66. The molecule has 0 radical (unpaired) electrons. The van der Waals surface area contributed by atoms with Crippen molar-refractivity contribution >= 4 is 5.97 Å². The van der Waals surface area contributed by atoms with E-state index in [4.69, 9.17) is 4.74 Å². The van der Waals surface area contributed by atoms with Crippen LogP contribution in [-0.2, 0) is 11.2 Å². The maximum absolute atomic E-state index is 13.1. The topological polar surface area (TPSA) is 46.5 Å². The van der Waals surface area contributed by atoms with E-state index in [0.29, 0.717) is 30.3 Å². The van der Waals surface area contributed by atoms with Gasteiger partial charge in [0.1, 0.15) is 11.6 Å². The molecule has 0 aliphatic rings. The monoisotopic (exact) mass is 316 g/mol. The zero-order valence-electron chi connectivity index (χ0n) is 13.3. The van der Waals surface area contributed by atoms with E-state index in [2.05, 4.69) is 13.8 Å². The fourth-order valence-corrected chi connectivity index (χ4v) is 2.33. The third kappa shape index (κ3) is 4.81. The minimum absolute atomic E-state index is 0.301. The summed E-state index contributed by atoms with van der Waals surface area (Å²) in [6.07, 6.45) is 0.301. The molecule has 0 spiro atoms. The molecule has 0 aliphatic carbocycles. The lowest BCUT2D eigenvalue weighted by atomic mass is 9.91. The van der Waals surface area contributed by atoms with Crippen molar-refractivity contribution in [1.29, 1.82) is 0 Å².